The fraction of sp³-hybridized carbons (Fsp3) is 0.0870. The normalized spacial score (nSPS) is 11.4. The number of fused-ring (bicyclic) bond motifs is 3. The van der Waals surface area contributed by atoms with Gasteiger partial charge in [0.1, 0.15) is 12.5 Å². The third-order valence-corrected chi connectivity index (χ3v) is 5.13. The molecule has 5 rings (SSSR count). The van der Waals surface area contributed by atoms with Crippen molar-refractivity contribution in [1.29, 1.82) is 0 Å². The Morgan fingerprint density at radius 1 is 0.833 bits per heavy atom. The lowest BCUT2D eigenvalue weighted by molar-refractivity contribution is 0.485. The first-order valence-electron chi connectivity index (χ1n) is 9.42. The van der Waals surface area contributed by atoms with Crippen molar-refractivity contribution in [2.24, 2.45) is 0 Å². The van der Waals surface area contributed by atoms with Gasteiger partial charge in [0, 0.05) is 5.56 Å². The van der Waals surface area contributed by atoms with Crippen molar-refractivity contribution >= 4 is 16.7 Å². The van der Waals surface area contributed by atoms with Crippen LogP contribution in [0, 0.1) is 5.82 Å². The van der Waals surface area contributed by atoms with E-state index in [-0.39, 0.29) is 17.9 Å². The predicted octanol–water partition coefficient (Wildman–Crippen LogP) is 4.37. The van der Waals surface area contributed by atoms with Crippen LogP contribution in [0.15, 0.2) is 77.6 Å². The predicted molar refractivity (Wildman–Crippen MR) is 111 cm³/mol. The van der Waals surface area contributed by atoms with Crippen molar-refractivity contribution in [2.45, 2.75) is 13.2 Å². The Kier molecular flexibility index (Phi) is 4.35. The number of halogens is 2. The highest BCUT2D eigenvalue weighted by atomic mass is 19.1. The van der Waals surface area contributed by atoms with Gasteiger partial charge in [-0.25, -0.2) is 8.78 Å². The lowest BCUT2D eigenvalue weighted by Gasteiger charge is -2.12. The number of nitrogens with zero attached hydrogens (tertiary/aromatic N) is 4. The summed E-state index contributed by atoms with van der Waals surface area (Å²) in [6.07, 6.45) is 0. The third kappa shape index (κ3) is 2.95. The largest absolute Gasteiger partial charge is 0.272 e. The molecule has 30 heavy (non-hydrogen) atoms. The second-order valence-corrected chi connectivity index (χ2v) is 7.02. The van der Waals surface area contributed by atoms with Gasteiger partial charge in [-0.3, -0.25) is 13.8 Å². The Morgan fingerprint density at radius 2 is 1.53 bits per heavy atom. The number of hydrogen-bond donors (Lipinski definition) is 0. The van der Waals surface area contributed by atoms with E-state index < -0.39 is 6.67 Å². The number of benzene rings is 3. The topological polar surface area (TPSA) is 52.2 Å². The van der Waals surface area contributed by atoms with E-state index in [0.717, 1.165) is 11.1 Å². The molecule has 0 spiro atoms. The molecule has 2 aromatic heterocycles. The van der Waals surface area contributed by atoms with Crippen molar-refractivity contribution in [3.05, 3.63) is 100 Å². The molecule has 3 aromatic carbocycles. The van der Waals surface area contributed by atoms with Gasteiger partial charge in [-0.15, -0.1) is 10.2 Å². The molecule has 0 amide bonds. The first-order chi connectivity index (χ1) is 14.7. The van der Waals surface area contributed by atoms with Gasteiger partial charge in [0.2, 0.25) is 5.78 Å². The Bertz CT molecular complexity index is 1420. The summed E-state index contributed by atoms with van der Waals surface area (Å²) in [4.78, 5) is 13.2. The van der Waals surface area contributed by atoms with Crippen LogP contribution < -0.4 is 5.56 Å². The highest BCUT2D eigenvalue weighted by Gasteiger charge is 2.17. The molecule has 0 atom stereocenters. The van der Waals surface area contributed by atoms with E-state index in [0.29, 0.717) is 28.1 Å². The Labute approximate surface area is 169 Å². The molecular formula is C23H16F2N4O. The molecule has 0 bridgehead atoms. The average molecular weight is 402 g/mol. The summed E-state index contributed by atoms with van der Waals surface area (Å²) in [7, 11) is 0. The number of alkyl halides is 1. The lowest BCUT2D eigenvalue weighted by atomic mass is 10.1. The zero-order valence-corrected chi connectivity index (χ0v) is 15.8. The minimum absolute atomic E-state index is 0.200. The van der Waals surface area contributed by atoms with Crippen molar-refractivity contribution in [3.63, 3.8) is 0 Å². The molecule has 2 heterocycles. The van der Waals surface area contributed by atoms with Gasteiger partial charge in [0.15, 0.2) is 5.82 Å². The highest BCUT2D eigenvalue weighted by molar-refractivity contribution is 5.82. The Balaban J connectivity index is 1.78. The summed E-state index contributed by atoms with van der Waals surface area (Å²) >= 11 is 0. The van der Waals surface area contributed by atoms with Crippen LogP contribution >= 0.6 is 0 Å². The molecule has 148 valence electrons. The summed E-state index contributed by atoms with van der Waals surface area (Å²) < 4.78 is 29.5. The summed E-state index contributed by atoms with van der Waals surface area (Å²) in [5.74, 6) is 0.600. The van der Waals surface area contributed by atoms with E-state index in [1.807, 2.05) is 16.5 Å². The second-order valence-electron chi connectivity index (χ2n) is 7.02. The monoisotopic (exact) mass is 402 g/mol. The number of para-hydroxylation sites is 1. The van der Waals surface area contributed by atoms with Crippen molar-refractivity contribution in [2.75, 3.05) is 0 Å². The number of aromatic nitrogens is 4. The van der Waals surface area contributed by atoms with Crippen LogP contribution in [-0.2, 0) is 13.2 Å². The molecular weight excluding hydrogens is 386 g/mol. The SMILES string of the molecule is O=c1c2ccccc2n2c(-c3ccc(CF)cc3)nnc2n1Cc1ccc(F)cc1. The van der Waals surface area contributed by atoms with Gasteiger partial charge in [-0.05, 0) is 35.4 Å². The Hall–Kier alpha value is -3.87. The van der Waals surface area contributed by atoms with E-state index in [4.69, 9.17) is 0 Å². The van der Waals surface area contributed by atoms with Crippen LogP contribution in [0.2, 0.25) is 0 Å². The van der Waals surface area contributed by atoms with Crippen molar-refractivity contribution in [3.8, 4) is 11.4 Å². The van der Waals surface area contributed by atoms with Gasteiger partial charge in [-0.2, -0.15) is 0 Å². The smallest absolute Gasteiger partial charge is 0.263 e. The fourth-order valence-corrected chi connectivity index (χ4v) is 3.60. The average Bonchev–Trinajstić information content (AvgIpc) is 3.23. The van der Waals surface area contributed by atoms with Crippen LogP contribution in [0.3, 0.4) is 0 Å². The van der Waals surface area contributed by atoms with E-state index in [1.54, 1.807) is 48.5 Å². The molecule has 0 aliphatic rings. The lowest BCUT2D eigenvalue weighted by Crippen LogP contribution is -2.24. The van der Waals surface area contributed by atoms with E-state index in [2.05, 4.69) is 10.2 Å². The number of rotatable bonds is 4. The van der Waals surface area contributed by atoms with Gasteiger partial charge in [-0.1, -0.05) is 48.5 Å². The molecule has 0 unspecified atom stereocenters. The maximum absolute atomic E-state index is 13.3. The van der Waals surface area contributed by atoms with Crippen LogP contribution in [0.1, 0.15) is 11.1 Å². The second kappa shape index (κ2) is 7.18. The molecule has 0 radical (unpaired) electrons. The minimum Gasteiger partial charge on any atom is -0.272 e. The van der Waals surface area contributed by atoms with E-state index >= 15 is 0 Å². The maximum Gasteiger partial charge on any atom is 0.263 e. The van der Waals surface area contributed by atoms with Gasteiger partial charge in [0.05, 0.1) is 17.4 Å². The van der Waals surface area contributed by atoms with Gasteiger partial charge >= 0.3 is 0 Å². The first kappa shape index (κ1) is 18.2. The fourth-order valence-electron chi connectivity index (χ4n) is 3.60. The molecule has 0 saturated heterocycles. The van der Waals surface area contributed by atoms with Crippen molar-refractivity contribution < 1.29 is 8.78 Å². The number of hydrogen-bond acceptors (Lipinski definition) is 3. The summed E-state index contributed by atoms with van der Waals surface area (Å²) in [5, 5.41) is 9.14. The van der Waals surface area contributed by atoms with E-state index in [9.17, 15) is 13.6 Å². The molecule has 0 aliphatic carbocycles. The molecule has 7 heteroatoms. The van der Waals surface area contributed by atoms with E-state index in [1.165, 1.54) is 16.7 Å². The maximum atomic E-state index is 13.3. The molecule has 5 aromatic rings. The summed E-state index contributed by atoms with van der Waals surface area (Å²) in [6.45, 7) is -0.312. The van der Waals surface area contributed by atoms with Crippen LogP contribution in [-0.4, -0.2) is 19.2 Å². The zero-order chi connectivity index (χ0) is 20.7. The molecule has 5 nitrogen and oxygen atoms in total. The standard InChI is InChI=1S/C23H16F2N4O/c24-13-15-5-9-17(10-6-15)21-26-27-23-28(14-16-7-11-18(25)12-8-16)22(30)19-3-1-2-4-20(19)29(21)23/h1-12H,13-14H2. The molecule has 0 N–H and O–H groups in total. The molecule has 0 saturated carbocycles. The Morgan fingerprint density at radius 3 is 2.27 bits per heavy atom. The van der Waals surface area contributed by atoms with Crippen LogP contribution in [0.25, 0.3) is 28.1 Å². The van der Waals surface area contributed by atoms with Gasteiger partial charge in [0.25, 0.3) is 5.56 Å². The molecule has 0 aliphatic heterocycles. The first-order valence-corrected chi connectivity index (χ1v) is 9.42. The van der Waals surface area contributed by atoms with Gasteiger partial charge < -0.3 is 0 Å². The summed E-state index contributed by atoms with van der Waals surface area (Å²) in [6, 6.07) is 20.2. The molecule has 0 fully saturated rings. The minimum atomic E-state index is -0.541. The van der Waals surface area contributed by atoms with Crippen molar-refractivity contribution in [1.82, 2.24) is 19.2 Å². The third-order valence-electron chi connectivity index (χ3n) is 5.13. The highest BCUT2D eigenvalue weighted by Crippen LogP contribution is 2.23. The van der Waals surface area contributed by atoms with Crippen LogP contribution in [0.4, 0.5) is 8.78 Å². The van der Waals surface area contributed by atoms with Crippen LogP contribution in [0.5, 0.6) is 0 Å². The summed E-state index contributed by atoms with van der Waals surface area (Å²) in [5.41, 5.74) is 2.59. The quantitative estimate of drug-likeness (QED) is 0.449. The zero-order valence-electron chi connectivity index (χ0n) is 15.8.